The number of pyridine rings is 1. The minimum absolute atomic E-state index is 0.239. The lowest BCUT2D eigenvalue weighted by Gasteiger charge is -2.10. The van der Waals surface area contributed by atoms with Crippen LogP contribution in [0.3, 0.4) is 0 Å². The summed E-state index contributed by atoms with van der Waals surface area (Å²) in [5, 5.41) is 3.59. The number of halogens is 3. The Morgan fingerprint density at radius 1 is 1.33 bits per heavy atom. The van der Waals surface area contributed by atoms with E-state index in [1.807, 2.05) is 19.1 Å². The molecule has 1 N–H and O–H groups in total. The predicted molar refractivity (Wildman–Crippen MR) is 75.4 cm³/mol. The molecule has 1 aromatic carbocycles. The summed E-state index contributed by atoms with van der Waals surface area (Å²) in [7, 11) is 0. The fraction of sp³-hybridized carbons (Fsp3) is 0.154. The molecular formula is C13H11BrClFN2. The molecule has 0 unspecified atom stereocenters. The maximum atomic E-state index is 13.6. The minimum atomic E-state index is -0.239. The van der Waals surface area contributed by atoms with Gasteiger partial charge in [-0.25, -0.2) is 9.37 Å². The fourth-order valence-corrected chi connectivity index (χ4v) is 2.10. The van der Waals surface area contributed by atoms with Crippen molar-refractivity contribution in [2.75, 3.05) is 5.32 Å². The van der Waals surface area contributed by atoms with Crippen LogP contribution in [0.4, 0.5) is 10.1 Å². The van der Waals surface area contributed by atoms with E-state index in [2.05, 4.69) is 26.2 Å². The molecule has 0 atom stereocenters. The van der Waals surface area contributed by atoms with Crippen molar-refractivity contribution in [2.45, 2.75) is 13.5 Å². The van der Waals surface area contributed by atoms with E-state index < -0.39 is 0 Å². The van der Waals surface area contributed by atoms with E-state index in [0.717, 1.165) is 15.9 Å². The second-order valence-electron chi connectivity index (χ2n) is 3.86. The average Bonchev–Trinajstić information content (AvgIpc) is 2.30. The number of anilines is 1. The third-order valence-electron chi connectivity index (χ3n) is 2.54. The standard InChI is InChI=1S/C13H11BrClFN2/c1-8-12(4-5-13(15)18-8)17-7-9-2-3-10(14)6-11(9)16/h2-6,17H,7H2,1H3. The number of aryl methyl sites for hydroxylation is 1. The average molecular weight is 330 g/mol. The summed E-state index contributed by atoms with van der Waals surface area (Å²) in [5.74, 6) is -0.239. The molecule has 2 aromatic rings. The van der Waals surface area contributed by atoms with Gasteiger partial charge in [0, 0.05) is 16.6 Å². The van der Waals surface area contributed by atoms with Crippen LogP contribution in [0.5, 0.6) is 0 Å². The van der Waals surface area contributed by atoms with Gasteiger partial charge in [0.2, 0.25) is 0 Å². The van der Waals surface area contributed by atoms with Gasteiger partial charge in [-0.05, 0) is 31.2 Å². The minimum Gasteiger partial charge on any atom is -0.379 e. The topological polar surface area (TPSA) is 24.9 Å². The Hall–Kier alpha value is -1.13. The number of nitrogens with zero attached hydrogens (tertiary/aromatic N) is 1. The largest absolute Gasteiger partial charge is 0.379 e. The van der Waals surface area contributed by atoms with Crippen molar-refractivity contribution in [1.29, 1.82) is 0 Å². The highest BCUT2D eigenvalue weighted by molar-refractivity contribution is 9.10. The highest BCUT2D eigenvalue weighted by Gasteiger charge is 2.04. The molecule has 2 nitrogen and oxygen atoms in total. The number of rotatable bonds is 3. The molecule has 0 saturated heterocycles. The van der Waals surface area contributed by atoms with Crippen LogP contribution in [-0.4, -0.2) is 4.98 Å². The molecule has 0 bridgehead atoms. The van der Waals surface area contributed by atoms with Crippen LogP contribution in [-0.2, 0) is 6.54 Å². The predicted octanol–water partition coefficient (Wildman–Crippen LogP) is 4.56. The zero-order valence-electron chi connectivity index (χ0n) is 9.67. The van der Waals surface area contributed by atoms with Crippen molar-refractivity contribution in [3.05, 3.63) is 57.0 Å². The number of aromatic nitrogens is 1. The molecule has 0 fully saturated rings. The van der Waals surface area contributed by atoms with E-state index in [9.17, 15) is 4.39 Å². The van der Waals surface area contributed by atoms with E-state index >= 15 is 0 Å². The van der Waals surface area contributed by atoms with Gasteiger partial charge in [-0.15, -0.1) is 0 Å². The Bertz CT molecular complexity index is 523. The van der Waals surface area contributed by atoms with Gasteiger partial charge in [-0.1, -0.05) is 33.6 Å². The van der Waals surface area contributed by atoms with Crippen LogP contribution in [0.1, 0.15) is 11.3 Å². The molecule has 5 heteroatoms. The molecule has 0 radical (unpaired) electrons. The molecule has 94 valence electrons. The SMILES string of the molecule is Cc1nc(Cl)ccc1NCc1ccc(Br)cc1F. The van der Waals surface area contributed by atoms with Gasteiger partial charge in [-0.3, -0.25) is 0 Å². The molecule has 0 spiro atoms. The highest BCUT2D eigenvalue weighted by atomic mass is 79.9. The first kappa shape index (κ1) is 13.3. The molecule has 18 heavy (non-hydrogen) atoms. The van der Waals surface area contributed by atoms with Crippen molar-refractivity contribution < 1.29 is 4.39 Å². The smallest absolute Gasteiger partial charge is 0.129 e. The van der Waals surface area contributed by atoms with Gasteiger partial charge in [0.25, 0.3) is 0 Å². The molecule has 0 amide bonds. The van der Waals surface area contributed by atoms with E-state index in [1.54, 1.807) is 12.1 Å². The van der Waals surface area contributed by atoms with Crippen molar-refractivity contribution in [2.24, 2.45) is 0 Å². The summed E-state index contributed by atoms with van der Waals surface area (Å²) < 4.78 is 14.3. The van der Waals surface area contributed by atoms with Gasteiger partial charge in [0.05, 0.1) is 11.4 Å². The molecule has 0 aliphatic heterocycles. The summed E-state index contributed by atoms with van der Waals surface area (Å²) in [5.41, 5.74) is 2.24. The highest BCUT2D eigenvalue weighted by Crippen LogP contribution is 2.19. The van der Waals surface area contributed by atoms with Gasteiger partial charge < -0.3 is 5.32 Å². The van der Waals surface area contributed by atoms with E-state index in [1.165, 1.54) is 6.07 Å². The maximum Gasteiger partial charge on any atom is 0.129 e. The van der Waals surface area contributed by atoms with Crippen molar-refractivity contribution >= 4 is 33.2 Å². The number of nitrogens with one attached hydrogen (secondary N) is 1. The van der Waals surface area contributed by atoms with E-state index in [0.29, 0.717) is 17.3 Å². The quantitative estimate of drug-likeness (QED) is 0.835. The Kier molecular flexibility index (Phi) is 4.19. The van der Waals surface area contributed by atoms with Crippen molar-refractivity contribution in [3.63, 3.8) is 0 Å². The Morgan fingerprint density at radius 2 is 2.11 bits per heavy atom. The molecule has 0 saturated carbocycles. The van der Waals surface area contributed by atoms with Gasteiger partial charge >= 0.3 is 0 Å². The van der Waals surface area contributed by atoms with E-state index in [-0.39, 0.29) is 5.82 Å². The number of hydrogen-bond donors (Lipinski definition) is 1. The van der Waals surface area contributed by atoms with Crippen molar-refractivity contribution in [1.82, 2.24) is 4.98 Å². The lowest BCUT2D eigenvalue weighted by molar-refractivity contribution is 0.612. The summed E-state index contributed by atoms with van der Waals surface area (Å²) in [6, 6.07) is 8.54. The third kappa shape index (κ3) is 3.21. The fourth-order valence-electron chi connectivity index (χ4n) is 1.57. The summed E-state index contributed by atoms with van der Waals surface area (Å²) in [4.78, 5) is 4.12. The van der Waals surface area contributed by atoms with Gasteiger partial charge in [0.15, 0.2) is 0 Å². The first-order valence-electron chi connectivity index (χ1n) is 5.37. The second-order valence-corrected chi connectivity index (χ2v) is 5.16. The first-order chi connectivity index (χ1) is 8.56. The normalized spacial score (nSPS) is 10.4. The van der Waals surface area contributed by atoms with Crippen LogP contribution < -0.4 is 5.32 Å². The molecule has 1 heterocycles. The Morgan fingerprint density at radius 3 is 2.78 bits per heavy atom. The first-order valence-corrected chi connectivity index (χ1v) is 6.54. The summed E-state index contributed by atoms with van der Waals surface area (Å²) in [6.45, 7) is 2.26. The molecule has 2 rings (SSSR count). The molecular weight excluding hydrogens is 319 g/mol. The third-order valence-corrected chi connectivity index (χ3v) is 3.24. The van der Waals surface area contributed by atoms with Crippen molar-refractivity contribution in [3.8, 4) is 0 Å². The van der Waals surface area contributed by atoms with Crippen LogP contribution in [0.2, 0.25) is 5.15 Å². The Labute approximate surface area is 118 Å². The second kappa shape index (κ2) is 5.67. The maximum absolute atomic E-state index is 13.6. The molecule has 0 aliphatic carbocycles. The van der Waals surface area contributed by atoms with Crippen LogP contribution in [0.15, 0.2) is 34.8 Å². The Balaban J connectivity index is 2.11. The van der Waals surface area contributed by atoms with Gasteiger partial charge in [-0.2, -0.15) is 0 Å². The molecule has 1 aromatic heterocycles. The number of benzene rings is 1. The monoisotopic (exact) mass is 328 g/mol. The van der Waals surface area contributed by atoms with Crippen LogP contribution >= 0.6 is 27.5 Å². The lowest BCUT2D eigenvalue weighted by Crippen LogP contribution is -2.04. The lowest BCUT2D eigenvalue weighted by atomic mass is 10.2. The summed E-state index contributed by atoms with van der Waals surface area (Å²) >= 11 is 9.00. The summed E-state index contributed by atoms with van der Waals surface area (Å²) in [6.07, 6.45) is 0. The molecule has 0 aliphatic rings. The van der Waals surface area contributed by atoms with Gasteiger partial charge in [0.1, 0.15) is 11.0 Å². The number of hydrogen-bond acceptors (Lipinski definition) is 2. The van der Waals surface area contributed by atoms with Crippen LogP contribution in [0, 0.1) is 12.7 Å². The van der Waals surface area contributed by atoms with Crippen LogP contribution in [0.25, 0.3) is 0 Å². The zero-order chi connectivity index (χ0) is 13.1. The van der Waals surface area contributed by atoms with E-state index in [4.69, 9.17) is 11.6 Å². The zero-order valence-corrected chi connectivity index (χ0v) is 12.0.